The molecule has 1 aliphatic heterocycles. The van der Waals surface area contributed by atoms with Crippen molar-refractivity contribution in [3.8, 4) is 0 Å². The van der Waals surface area contributed by atoms with Crippen molar-refractivity contribution >= 4 is 23.4 Å². The van der Waals surface area contributed by atoms with Crippen LogP contribution in [0.25, 0.3) is 0 Å². The predicted molar refractivity (Wildman–Crippen MR) is 92.0 cm³/mol. The number of carbonyl (C=O) groups excluding carboxylic acids is 1. The summed E-state index contributed by atoms with van der Waals surface area (Å²) >= 11 is 1.99. The maximum Gasteiger partial charge on any atom is 0.271 e. The lowest BCUT2D eigenvalue weighted by Crippen LogP contribution is -2.32. The monoisotopic (exact) mass is 330 g/mol. The highest BCUT2D eigenvalue weighted by Crippen LogP contribution is 2.19. The van der Waals surface area contributed by atoms with Crippen LogP contribution in [0.5, 0.6) is 0 Å². The molecular formula is C16H18N4O2S. The summed E-state index contributed by atoms with van der Waals surface area (Å²) in [6.07, 6.45) is 0. The Morgan fingerprint density at radius 1 is 1.17 bits per heavy atom. The Kier molecular flexibility index (Phi) is 4.97. The SMILES string of the molecule is O=C(NCc1ccc(N2CCSCC2)cc1)c1ccc(=O)[nH]n1. The molecule has 2 aromatic rings. The largest absolute Gasteiger partial charge is 0.370 e. The van der Waals surface area contributed by atoms with Gasteiger partial charge in [0.2, 0.25) is 0 Å². The van der Waals surface area contributed by atoms with Crippen molar-refractivity contribution in [3.05, 3.63) is 58.0 Å². The van der Waals surface area contributed by atoms with Gasteiger partial charge in [-0.3, -0.25) is 9.59 Å². The van der Waals surface area contributed by atoms with Gasteiger partial charge in [0, 0.05) is 42.9 Å². The van der Waals surface area contributed by atoms with Crippen LogP contribution in [0.15, 0.2) is 41.2 Å². The fraction of sp³-hybridized carbons (Fsp3) is 0.312. The van der Waals surface area contributed by atoms with Crippen molar-refractivity contribution in [2.75, 3.05) is 29.5 Å². The van der Waals surface area contributed by atoms with Crippen molar-refractivity contribution in [2.24, 2.45) is 0 Å². The molecule has 0 bridgehead atoms. The van der Waals surface area contributed by atoms with Gasteiger partial charge in [0.15, 0.2) is 0 Å². The van der Waals surface area contributed by atoms with E-state index in [9.17, 15) is 9.59 Å². The number of amides is 1. The van der Waals surface area contributed by atoms with Crippen molar-refractivity contribution in [1.29, 1.82) is 0 Å². The minimum Gasteiger partial charge on any atom is -0.370 e. The van der Waals surface area contributed by atoms with Crippen LogP contribution >= 0.6 is 11.8 Å². The second kappa shape index (κ2) is 7.32. The number of thioether (sulfide) groups is 1. The Bertz CT molecular complexity index is 703. The number of aromatic nitrogens is 2. The number of rotatable bonds is 4. The van der Waals surface area contributed by atoms with Gasteiger partial charge in [-0.2, -0.15) is 16.9 Å². The summed E-state index contributed by atoms with van der Waals surface area (Å²) in [6.45, 7) is 2.59. The molecule has 0 atom stereocenters. The van der Waals surface area contributed by atoms with E-state index >= 15 is 0 Å². The van der Waals surface area contributed by atoms with E-state index < -0.39 is 0 Å². The molecule has 0 radical (unpaired) electrons. The summed E-state index contributed by atoms with van der Waals surface area (Å²) in [5, 5.41) is 8.75. The van der Waals surface area contributed by atoms with Gasteiger partial charge in [0.05, 0.1) is 0 Å². The van der Waals surface area contributed by atoms with Gasteiger partial charge < -0.3 is 10.2 Å². The molecule has 1 saturated heterocycles. The highest BCUT2D eigenvalue weighted by atomic mass is 32.2. The van der Waals surface area contributed by atoms with Gasteiger partial charge >= 0.3 is 0 Å². The number of aromatic amines is 1. The summed E-state index contributed by atoms with van der Waals surface area (Å²) in [7, 11) is 0. The second-order valence-electron chi connectivity index (χ2n) is 5.25. The minimum absolute atomic E-state index is 0.201. The molecule has 1 aliphatic rings. The summed E-state index contributed by atoms with van der Waals surface area (Å²) < 4.78 is 0. The molecule has 120 valence electrons. The number of hydrogen-bond donors (Lipinski definition) is 2. The lowest BCUT2D eigenvalue weighted by atomic mass is 10.2. The standard InChI is InChI=1S/C16H18N4O2S/c21-15-6-5-14(18-19-15)16(22)17-11-12-1-3-13(4-2-12)20-7-9-23-10-8-20/h1-6H,7-11H2,(H,17,22)(H,19,21). The number of nitrogens with zero attached hydrogens (tertiary/aromatic N) is 2. The molecule has 1 fully saturated rings. The minimum atomic E-state index is -0.326. The molecule has 1 amide bonds. The van der Waals surface area contributed by atoms with E-state index in [-0.39, 0.29) is 17.2 Å². The molecule has 23 heavy (non-hydrogen) atoms. The number of anilines is 1. The molecule has 3 rings (SSSR count). The van der Waals surface area contributed by atoms with Crippen LogP contribution in [-0.2, 0) is 6.54 Å². The van der Waals surface area contributed by atoms with Gasteiger partial charge in [0.1, 0.15) is 5.69 Å². The average molecular weight is 330 g/mol. The maximum atomic E-state index is 11.9. The number of nitrogens with one attached hydrogen (secondary N) is 2. The van der Waals surface area contributed by atoms with Crippen LogP contribution in [0.2, 0.25) is 0 Å². The third kappa shape index (κ3) is 4.13. The first-order chi connectivity index (χ1) is 11.2. The van der Waals surface area contributed by atoms with E-state index in [0.29, 0.717) is 6.54 Å². The zero-order chi connectivity index (χ0) is 16.1. The van der Waals surface area contributed by atoms with E-state index in [4.69, 9.17) is 0 Å². The quantitative estimate of drug-likeness (QED) is 0.882. The fourth-order valence-corrected chi connectivity index (χ4v) is 3.29. The smallest absolute Gasteiger partial charge is 0.271 e. The third-order valence-corrected chi connectivity index (χ3v) is 4.62. The molecule has 2 heterocycles. The third-order valence-electron chi connectivity index (χ3n) is 3.68. The van der Waals surface area contributed by atoms with Crippen molar-refractivity contribution in [1.82, 2.24) is 15.5 Å². The molecule has 2 N–H and O–H groups in total. The van der Waals surface area contributed by atoms with E-state index in [2.05, 4.69) is 32.5 Å². The zero-order valence-corrected chi connectivity index (χ0v) is 13.4. The number of benzene rings is 1. The van der Waals surface area contributed by atoms with E-state index in [1.165, 1.54) is 29.3 Å². The Morgan fingerprint density at radius 3 is 2.57 bits per heavy atom. The fourth-order valence-electron chi connectivity index (χ4n) is 2.39. The first-order valence-electron chi connectivity index (χ1n) is 7.48. The first-order valence-corrected chi connectivity index (χ1v) is 8.63. The molecule has 1 aromatic carbocycles. The van der Waals surface area contributed by atoms with Gasteiger partial charge in [0.25, 0.3) is 11.5 Å². The topological polar surface area (TPSA) is 78.1 Å². The molecule has 0 aliphatic carbocycles. The van der Waals surface area contributed by atoms with Gasteiger partial charge in [-0.1, -0.05) is 12.1 Å². The molecule has 6 nitrogen and oxygen atoms in total. The molecular weight excluding hydrogens is 312 g/mol. The number of H-pyrrole nitrogens is 1. The lowest BCUT2D eigenvalue weighted by molar-refractivity contribution is 0.0945. The highest BCUT2D eigenvalue weighted by Gasteiger charge is 2.11. The second-order valence-corrected chi connectivity index (χ2v) is 6.48. The summed E-state index contributed by atoms with van der Waals surface area (Å²) in [6, 6.07) is 10.9. The maximum absolute atomic E-state index is 11.9. The molecule has 0 saturated carbocycles. The molecule has 7 heteroatoms. The van der Waals surface area contributed by atoms with E-state index in [1.54, 1.807) is 0 Å². The summed E-state index contributed by atoms with van der Waals surface area (Å²) in [4.78, 5) is 25.2. The zero-order valence-electron chi connectivity index (χ0n) is 12.6. The number of hydrogen-bond acceptors (Lipinski definition) is 5. The van der Waals surface area contributed by atoms with Crippen LogP contribution in [-0.4, -0.2) is 40.7 Å². The van der Waals surface area contributed by atoms with Crippen LogP contribution in [0.4, 0.5) is 5.69 Å². The number of carbonyl (C=O) groups is 1. The van der Waals surface area contributed by atoms with Crippen LogP contribution in [0.1, 0.15) is 16.1 Å². The molecule has 0 spiro atoms. The van der Waals surface area contributed by atoms with Crippen LogP contribution in [0, 0.1) is 0 Å². The van der Waals surface area contributed by atoms with Crippen LogP contribution < -0.4 is 15.8 Å². The lowest BCUT2D eigenvalue weighted by Gasteiger charge is -2.28. The Labute approximate surface area is 138 Å². The molecule has 1 aromatic heterocycles. The summed E-state index contributed by atoms with van der Waals surface area (Å²) in [5.41, 5.74) is 2.13. The van der Waals surface area contributed by atoms with Gasteiger partial charge in [-0.25, -0.2) is 5.10 Å². The van der Waals surface area contributed by atoms with Gasteiger partial charge in [-0.15, -0.1) is 0 Å². The van der Waals surface area contributed by atoms with Crippen molar-refractivity contribution in [3.63, 3.8) is 0 Å². The first kappa shape index (κ1) is 15.6. The Balaban J connectivity index is 1.56. The Hall–Kier alpha value is -2.28. The average Bonchev–Trinajstić information content (AvgIpc) is 2.61. The van der Waals surface area contributed by atoms with E-state index in [1.807, 2.05) is 23.9 Å². The van der Waals surface area contributed by atoms with Gasteiger partial charge in [-0.05, 0) is 23.8 Å². The highest BCUT2D eigenvalue weighted by molar-refractivity contribution is 7.99. The summed E-state index contributed by atoms with van der Waals surface area (Å²) in [5.74, 6) is 2.03. The molecule has 0 unspecified atom stereocenters. The van der Waals surface area contributed by atoms with Crippen molar-refractivity contribution in [2.45, 2.75) is 6.54 Å². The van der Waals surface area contributed by atoms with Crippen molar-refractivity contribution < 1.29 is 4.79 Å². The van der Waals surface area contributed by atoms with E-state index in [0.717, 1.165) is 18.7 Å². The normalized spacial score (nSPS) is 14.5. The predicted octanol–water partition coefficient (Wildman–Crippen LogP) is 1.25. The Morgan fingerprint density at radius 2 is 1.91 bits per heavy atom. The van der Waals surface area contributed by atoms with Crippen LogP contribution in [0.3, 0.4) is 0 Å².